The largest absolute Gasteiger partial charge is 0.296 e. The molecule has 0 aliphatic heterocycles. The highest BCUT2D eigenvalue weighted by atomic mass is 79.9. The molecule has 13 heavy (non-hydrogen) atoms. The van der Waals surface area contributed by atoms with Gasteiger partial charge < -0.3 is 0 Å². The number of aldehydes is 1. The Hall–Kier alpha value is -1.16. The van der Waals surface area contributed by atoms with Gasteiger partial charge >= 0.3 is 0 Å². The molecule has 2 rings (SSSR count). The van der Waals surface area contributed by atoms with E-state index in [1.807, 2.05) is 19.1 Å². The van der Waals surface area contributed by atoms with Gasteiger partial charge in [-0.3, -0.25) is 4.79 Å². The van der Waals surface area contributed by atoms with Crippen LogP contribution in [-0.2, 0) is 0 Å². The van der Waals surface area contributed by atoms with Crippen molar-refractivity contribution in [2.24, 2.45) is 0 Å². The molecule has 0 aliphatic rings. The zero-order chi connectivity index (χ0) is 9.42. The van der Waals surface area contributed by atoms with Gasteiger partial charge in [-0.1, -0.05) is 0 Å². The smallest absolute Gasteiger partial charge is 0.170 e. The summed E-state index contributed by atoms with van der Waals surface area (Å²) in [5.41, 5.74) is 2.51. The highest BCUT2D eigenvalue weighted by molar-refractivity contribution is 9.10. The second kappa shape index (κ2) is 2.96. The maximum atomic E-state index is 10.5. The molecule has 0 unspecified atom stereocenters. The van der Waals surface area contributed by atoms with Gasteiger partial charge in [-0.2, -0.15) is 5.10 Å². The highest BCUT2D eigenvalue weighted by Gasteiger charge is 2.03. The molecule has 0 atom stereocenters. The van der Waals surface area contributed by atoms with E-state index in [9.17, 15) is 4.79 Å². The van der Waals surface area contributed by atoms with Crippen LogP contribution in [0.25, 0.3) is 5.52 Å². The van der Waals surface area contributed by atoms with E-state index in [1.165, 1.54) is 0 Å². The first-order valence-electron chi connectivity index (χ1n) is 3.82. The third-order valence-corrected chi connectivity index (χ3v) is 2.37. The lowest BCUT2D eigenvalue weighted by Gasteiger charge is -1.98. The predicted molar refractivity (Wildman–Crippen MR) is 53.0 cm³/mol. The fourth-order valence-corrected chi connectivity index (χ4v) is 1.92. The molecule has 3 nitrogen and oxygen atoms in total. The number of nitrogens with zero attached hydrogens (tertiary/aromatic N) is 2. The molecular formula is C9H7BrN2O. The van der Waals surface area contributed by atoms with Crippen molar-refractivity contribution >= 4 is 27.7 Å². The summed E-state index contributed by atoms with van der Waals surface area (Å²) < 4.78 is 2.55. The van der Waals surface area contributed by atoms with Crippen molar-refractivity contribution < 1.29 is 4.79 Å². The number of aryl methyl sites for hydroxylation is 1. The minimum Gasteiger partial charge on any atom is -0.296 e. The molecule has 0 fully saturated rings. The molecule has 2 heterocycles. The Labute approximate surface area is 83.5 Å². The van der Waals surface area contributed by atoms with Crippen LogP contribution in [0.3, 0.4) is 0 Å². The SMILES string of the molecule is Cc1cc(Br)n2nc(C=O)cc2c1. The molecule has 0 aromatic carbocycles. The zero-order valence-corrected chi connectivity index (χ0v) is 8.58. The first-order valence-corrected chi connectivity index (χ1v) is 4.61. The summed E-state index contributed by atoms with van der Waals surface area (Å²) >= 11 is 3.37. The number of hydrogen-bond acceptors (Lipinski definition) is 2. The van der Waals surface area contributed by atoms with Crippen LogP contribution in [0.1, 0.15) is 16.1 Å². The summed E-state index contributed by atoms with van der Waals surface area (Å²) in [4.78, 5) is 10.5. The number of fused-ring (bicyclic) bond motifs is 1. The van der Waals surface area contributed by atoms with Gasteiger partial charge in [-0.25, -0.2) is 4.52 Å². The maximum Gasteiger partial charge on any atom is 0.170 e. The van der Waals surface area contributed by atoms with Crippen LogP contribution in [0.5, 0.6) is 0 Å². The summed E-state index contributed by atoms with van der Waals surface area (Å²) in [5.74, 6) is 0. The van der Waals surface area contributed by atoms with Crippen molar-refractivity contribution in [1.29, 1.82) is 0 Å². The maximum absolute atomic E-state index is 10.5. The third kappa shape index (κ3) is 1.37. The second-order valence-electron chi connectivity index (χ2n) is 2.88. The molecule has 0 radical (unpaired) electrons. The zero-order valence-electron chi connectivity index (χ0n) is 6.99. The van der Waals surface area contributed by atoms with Crippen LogP contribution >= 0.6 is 15.9 Å². The van der Waals surface area contributed by atoms with E-state index in [2.05, 4.69) is 21.0 Å². The van der Waals surface area contributed by atoms with Gasteiger partial charge in [0, 0.05) is 0 Å². The Morgan fingerprint density at radius 3 is 2.92 bits per heavy atom. The highest BCUT2D eigenvalue weighted by Crippen LogP contribution is 2.16. The van der Waals surface area contributed by atoms with Crippen molar-refractivity contribution in [3.05, 3.63) is 34.1 Å². The van der Waals surface area contributed by atoms with Crippen LogP contribution in [0.4, 0.5) is 0 Å². The molecule has 0 N–H and O–H groups in total. The number of aromatic nitrogens is 2. The van der Waals surface area contributed by atoms with Gasteiger partial charge in [-0.05, 0) is 46.6 Å². The van der Waals surface area contributed by atoms with E-state index in [4.69, 9.17) is 0 Å². The van der Waals surface area contributed by atoms with Crippen LogP contribution in [0, 0.1) is 6.92 Å². The minimum atomic E-state index is 0.450. The Morgan fingerprint density at radius 1 is 1.46 bits per heavy atom. The Balaban J connectivity index is 2.82. The lowest BCUT2D eigenvalue weighted by Crippen LogP contribution is -1.91. The van der Waals surface area contributed by atoms with Gasteiger partial charge in [0.15, 0.2) is 6.29 Å². The van der Waals surface area contributed by atoms with Crippen LogP contribution in [0.15, 0.2) is 22.8 Å². The molecule has 0 amide bonds. The molecular weight excluding hydrogens is 232 g/mol. The summed E-state index contributed by atoms with van der Waals surface area (Å²) in [7, 11) is 0. The van der Waals surface area contributed by atoms with E-state index in [1.54, 1.807) is 10.6 Å². The fraction of sp³-hybridized carbons (Fsp3) is 0.111. The van der Waals surface area contributed by atoms with Gasteiger partial charge in [0.25, 0.3) is 0 Å². The molecule has 4 heteroatoms. The van der Waals surface area contributed by atoms with Gasteiger partial charge in [-0.15, -0.1) is 0 Å². The van der Waals surface area contributed by atoms with Crippen molar-refractivity contribution in [3.8, 4) is 0 Å². The fourth-order valence-electron chi connectivity index (χ4n) is 1.27. The Morgan fingerprint density at radius 2 is 2.23 bits per heavy atom. The number of pyridine rings is 1. The van der Waals surface area contributed by atoms with Gasteiger partial charge in [0.2, 0.25) is 0 Å². The molecule has 2 aromatic heterocycles. The van der Waals surface area contributed by atoms with Crippen molar-refractivity contribution in [2.75, 3.05) is 0 Å². The van der Waals surface area contributed by atoms with Crippen molar-refractivity contribution in [1.82, 2.24) is 9.61 Å². The summed E-state index contributed by atoms with van der Waals surface area (Å²) in [6, 6.07) is 5.68. The lowest BCUT2D eigenvalue weighted by atomic mass is 10.3. The minimum absolute atomic E-state index is 0.450. The number of carbonyl (C=O) groups excluding carboxylic acids is 1. The first-order chi connectivity index (χ1) is 6.20. The van der Waals surface area contributed by atoms with E-state index in [0.717, 1.165) is 22.0 Å². The van der Waals surface area contributed by atoms with Crippen molar-refractivity contribution in [2.45, 2.75) is 6.92 Å². The Kier molecular flexibility index (Phi) is 1.92. The number of halogens is 1. The van der Waals surface area contributed by atoms with Crippen molar-refractivity contribution in [3.63, 3.8) is 0 Å². The summed E-state index contributed by atoms with van der Waals surface area (Å²) in [6.45, 7) is 2.00. The molecule has 2 aromatic rings. The van der Waals surface area contributed by atoms with E-state index < -0.39 is 0 Å². The molecule has 0 spiro atoms. The van der Waals surface area contributed by atoms with E-state index in [-0.39, 0.29) is 0 Å². The molecule has 0 aliphatic carbocycles. The number of carbonyl (C=O) groups is 1. The standard InChI is InChI=1S/C9H7BrN2O/c1-6-2-8-4-7(5-13)11-12(8)9(10)3-6/h2-5H,1H3. The monoisotopic (exact) mass is 238 g/mol. The molecule has 0 saturated carbocycles. The summed E-state index contributed by atoms with van der Waals surface area (Å²) in [5, 5.41) is 4.07. The molecule has 0 bridgehead atoms. The topological polar surface area (TPSA) is 34.4 Å². The number of hydrogen-bond donors (Lipinski definition) is 0. The molecule has 66 valence electrons. The van der Waals surface area contributed by atoms with Gasteiger partial charge in [0.1, 0.15) is 10.3 Å². The van der Waals surface area contributed by atoms with E-state index >= 15 is 0 Å². The molecule has 0 saturated heterocycles. The number of rotatable bonds is 1. The first kappa shape index (κ1) is 8.44. The predicted octanol–water partition coefficient (Wildman–Crippen LogP) is 2.22. The third-order valence-electron chi connectivity index (χ3n) is 1.80. The Bertz CT molecular complexity index is 476. The van der Waals surface area contributed by atoms with Crippen LogP contribution in [-0.4, -0.2) is 15.9 Å². The van der Waals surface area contributed by atoms with Crippen LogP contribution in [0.2, 0.25) is 0 Å². The van der Waals surface area contributed by atoms with Gasteiger partial charge in [0.05, 0.1) is 5.52 Å². The quantitative estimate of drug-likeness (QED) is 0.564. The average molecular weight is 239 g/mol. The van der Waals surface area contributed by atoms with E-state index in [0.29, 0.717) is 5.69 Å². The van der Waals surface area contributed by atoms with Crippen LogP contribution < -0.4 is 0 Å². The second-order valence-corrected chi connectivity index (χ2v) is 3.69. The average Bonchev–Trinajstić information content (AvgIpc) is 2.47. The summed E-state index contributed by atoms with van der Waals surface area (Å²) in [6.07, 6.45) is 0.745. The normalized spacial score (nSPS) is 10.6. The lowest BCUT2D eigenvalue weighted by molar-refractivity contribution is 0.111.